The second-order valence-corrected chi connectivity index (χ2v) is 8.82. The Balaban J connectivity index is 1.62. The van der Waals surface area contributed by atoms with E-state index in [-0.39, 0.29) is 24.4 Å². The van der Waals surface area contributed by atoms with Gasteiger partial charge in [-0.05, 0) is 69.3 Å². The van der Waals surface area contributed by atoms with E-state index in [1.807, 2.05) is 98.3 Å². The summed E-state index contributed by atoms with van der Waals surface area (Å²) >= 11 is 0. The van der Waals surface area contributed by atoms with Crippen molar-refractivity contribution in [3.63, 3.8) is 0 Å². The van der Waals surface area contributed by atoms with Crippen LogP contribution in [0.1, 0.15) is 29.8 Å². The molecule has 1 aromatic heterocycles. The van der Waals surface area contributed by atoms with Gasteiger partial charge in [0.2, 0.25) is 11.9 Å². The van der Waals surface area contributed by atoms with Crippen molar-refractivity contribution in [2.45, 2.75) is 26.8 Å². The third-order valence-corrected chi connectivity index (χ3v) is 5.87. The summed E-state index contributed by atoms with van der Waals surface area (Å²) in [6, 6.07) is 24.4. The number of benzene rings is 3. The van der Waals surface area contributed by atoms with E-state index in [2.05, 4.69) is 5.32 Å². The lowest BCUT2D eigenvalue weighted by molar-refractivity contribution is -0.117. The molecule has 0 saturated carbocycles. The molecule has 0 unspecified atom stereocenters. The smallest absolute Gasteiger partial charge is 0.254 e. The molecule has 184 valence electrons. The van der Waals surface area contributed by atoms with Gasteiger partial charge in [-0.1, -0.05) is 35.9 Å². The number of aryl methyl sites for hydroxylation is 1. The minimum atomic E-state index is -0.326. The van der Waals surface area contributed by atoms with Crippen LogP contribution in [0.4, 0.5) is 5.95 Å². The number of amides is 2. The van der Waals surface area contributed by atoms with E-state index in [0.717, 1.165) is 22.6 Å². The van der Waals surface area contributed by atoms with Crippen LogP contribution in [-0.4, -0.2) is 46.0 Å². The number of nitrogens with zero attached hydrogens (tertiary/aromatic N) is 3. The Bertz CT molecular complexity index is 1330. The van der Waals surface area contributed by atoms with Gasteiger partial charge >= 0.3 is 0 Å². The quantitative estimate of drug-likeness (QED) is 0.368. The summed E-state index contributed by atoms with van der Waals surface area (Å²) in [7, 11) is 1.62. The number of ether oxygens (including phenoxy) is 1. The third kappa shape index (κ3) is 5.63. The molecule has 0 aliphatic carbocycles. The second-order valence-electron chi connectivity index (χ2n) is 8.82. The van der Waals surface area contributed by atoms with E-state index in [4.69, 9.17) is 9.72 Å². The van der Waals surface area contributed by atoms with Crippen molar-refractivity contribution < 1.29 is 14.3 Å². The molecule has 0 fully saturated rings. The average molecular weight is 483 g/mol. The normalized spacial score (nSPS) is 10.8. The van der Waals surface area contributed by atoms with Crippen LogP contribution in [0, 0.1) is 6.92 Å². The number of hydrogen-bond acceptors (Lipinski definition) is 4. The molecule has 4 rings (SSSR count). The molecule has 0 spiro atoms. The maximum absolute atomic E-state index is 13.2. The van der Waals surface area contributed by atoms with E-state index < -0.39 is 0 Å². The van der Waals surface area contributed by atoms with Gasteiger partial charge in [0.15, 0.2) is 0 Å². The SMILES string of the molecule is COc1ccc(-c2cn(-c3ccc(C)cc3)c(NC(=O)CN(C(=O)c3ccccc3)C(C)C)n2)cc1. The number of hydrogen-bond donors (Lipinski definition) is 1. The second kappa shape index (κ2) is 10.9. The van der Waals surface area contributed by atoms with Gasteiger partial charge in [-0.25, -0.2) is 4.98 Å². The molecule has 0 radical (unpaired) electrons. The molecule has 0 aliphatic heterocycles. The largest absolute Gasteiger partial charge is 0.497 e. The summed E-state index contributed by atoms with van der Waals surface area (Å²) in [5.41, 5.74) is 4.13. The zero-order chi connectivity index (χ0) is 25.7. The topological polar surface area (TPSA) is 76.5 Å². The maximum Gasteiger partial charge on any atom is 0.254 e. The Morgan fingerprint density at radius 3 is 2.25 bits per heavy atom. The molecule has 0 bridgehead atoms. The van der Waals surface area contributed by atoms with E-state index in [1.54, 1.807) is 24.1 Å². The lowest BCUT2D eigenvalue weighted by Crippen LogP contribution is -2.42. The molecule has 1 N–H and O–H groups in total. The fourth-order valence-electron chi connectivity index (χ4n) is 3.83. The molecule has 7 heteroatoms. The Labute approximate surface area is 211 Å². The average Bonchev–Trinajstić information content (AvgIpc) is 3.31. The highest BCUT2D eigenvalue weighted by molar-refractivity contribution is 5.99. The molecule has 3 aromatic carbocycles. The summed E-state index contributed by atoms with van der Waals surface area (Å²) in [6.07, 6.45) is 1.89. The molecule has 4 aromatic rings. The Morgan fingerprint density at radius 1 is 0.972 bits per heavy atom. The van der Waals surface area contributed by atoms with Crippen LogP contribution in [0.2, 0.25) is 0 Å². The van der Waals surface area contributed by atoms with Crippen molar-refractivity contribution in [2.75, 3.05) is 19.0 Å². The first-order valence-electron chi connectivity index (χ1n) is 11.8. The van der Waals surface area contributed by atoms with Crippen LogP contribution in [0.3, 0.4) is 0 Å². The fourth-order valence-corrected chi connectivity index (χ4v) is 3.83. The molecular formula is C29H30N4O3. The zero-order valence-electron chi connectivity index (χ0n) is 20.9. The molecule has 2 amide bonds. The summed E-state index contributed by atoms with van der Waals surface area (Å²) < 4.78 is 7.10. The number of carbonyl (C=O) groups is 2. The van der Waals surface area contributed by atoms with Crippen LogP contribution < -0.4 is 10.1 Å². The first kappa shape index (κ1) is 24.7. The predicted molar refractivity (Wildman–Crippen MR) is 142 cm³/mol. The molecule has 1 heterocycles. The molecule has 36 heavy (non-hydrogen) atoms. The molecule has 0 saturated heterocycles. The first-order valence-corrected chi connectivity index (χ1v) is 11.8. The number of aromatic nitrogens is 2. The maximum atomic E-state index is 13.2. The summed E-state index contributed by atoms with van der Waals surface area (Å²) in [4.78, 5) is 32.5. The number of imidazole rings is 1. The Hall–Kier alpha value is -4.39. The van der Waals surface area contributed by atoms with Gasteiger partial charge in [-0.15, -0.1) is 0 Å². The van der Waals surface area contributed by atoms with Crippen molar-refractivity contribution in [3.05, 3.63) is 96.2 Å². The number of carbonyl (C=O) groups excluding carboxylic acids is 2. The van der Waals surface area contributed by atoms with E-state index in [0.29, 0.717) is 17.2 Å². The van der Waals surface area contributed by atoms with Crippen molar-refractivity contribution in [1.82, 2.24) is 14.5 Å². The van der Waals surface area contributed by atoms with E-state index in [1.165, 1.54) is 0 Å². The molecule has 7 nitrogen and oxygen atoms in total. The predicted octanol–water partition coefficient (Wildman–Crippen LogP) is 5.35. The van der Waals surface area contributed by atoms with E-state index >= 15 is 0 Å². The van der Waals surface area contributed by atoms with Crippen LogP contribution >= 0.6 is 0 Å². The molecule has 0 aliphatic rings. The highest BCUT2D eigenvalue weighted by Crippen LogP contribution is 2.26. The number of rotatable bonds is 8. The third-order valence-electron chi connectivity index (χ3n) is 5.87. The highest BCUT2D eigenvalue weighted by atomic mass is 16.5. The van der Waals surface area contributed by atoms with Gasteiger partial charge in [0.1, 0.15) is 12.3 Å². The van der Waals surface area contributed by atoms with Crippen molar-refractivity contribution >= 4 is 17.8 Å². The number of methoxy groups -OCH3 is 1. The van der Waals surface area contributed by atoms with Gasteiger partial charge in [0.05, 0.1) is 12.8 Å². The van der Waals surface area contributed by atoms with Crippen LogP contribution in [-0.2, 0) is 4.79 Å². The summed E-state index contributed by atoms with van der Waals surface area (Å²) in [6.45, 7) is 5.71. The first-order chi connectivity index (χ1) is 17.4. The summed E-state index contributed by atoms with van der Waals surface area (Å²) in [5, 5.41) is 2.92. The van der Waals surface area contributed by atoms with Crippen LogP contribution in [0.25, 0.3) is 16.9 Å². The van der Waals surface area contributed by atoms with Crippen LogP contribution in [0.15, 0.2) is 85.1 Å². The van der Waals surface area contributed by atoms with Crippen molar-refractivity contribution in [3.8, 4) is 22.7 Å². The van der Waals surface area contributed by atoms with Crippen molar-refractivity contribution in [1.29, 1.82) is 0 Å². The molecular weight excluding hydrogens is 452 g/mol. The highest BCUT2D eigenvalue weighted by Gasteiger charge is 2.23. The standard InChI is InChI=1S/C29H30N4O3/c1-20(2)32(28(35)23-8-6-5-7-9-23)19-27(34)31-29-30-26(22-12-16-25(36-4)17-13-22)18-33(29)24-14-10-21(3)11-15-24/h5-18,20H,19H2,1-4H3,(H,30,31,34). The monoisotopic (exact) mass is 482 g/mol. The summed E-state index contributed by atoms with van der Waals surface area (Å²) in [5.74, 6) is 0.613. The van der Waals surface area contributed by atoms with Gasteiger partial charge in [-0.3, -0.25) is 19.5 Å². The van der Waals surface area contributed by atoms with Gasteiger partial charge in [0, 0.05) is 29.1 Å². The van der Waals surface area contributed by atoms with E-state index in [9.17, 15) is 9.59 Å². The van der Waals surface area contributed by atoms with Crippen LogP contribution in [0.5, 0.6) is 5.75 Å². The zero-order valence-corrected chi connectivity index (χ0v) is 20.9. The molecule has 0 atom stereocenters. The minimum absolute atomic E-state index is 0.0932. The lowest BCUT2D eigenvalue weighted by atomic mass is 10.1. The number of nitrogens with one attached hydrogen (secondary N) is 1. The number of anilines is 1. The Kier molecular flexibility index (Phi) is 7.49. The minimum Gasteiger partial charge on any atom is -0.497 e. The van der Waals surface area contributed by atoms with Crippen molar-refractivity contribution in [2.24, 2.45) is 0 Å². The fraction of sp³-hybridized carbons (Fsp3) is 0.207. The Morgan fingerprint density at radius 2 is 1.64 bits per heavy atom. The van der Waals surface area contributed by atoms with Gasteiger partial charge in [-0.2, -0.15) is 0 Å². The van der Waals surface area contributed by atoms with Gasteiger partial charge < -0.3 is 9.64 Å². The van der Waals surface area contributed by atoms with Gasteiger partial charge in [0.25, 0.3) is 5.91 Å². The lowest BCUT2D eigenvalue weighted by Gasteiger charge is -2.26.